The summed E-state index contributed by atoms with van der Waals surface area (Å²) in [6.07, 6.45) is 0. The summed E-state index contributed by atoms with van der Waals surface area (Å²) in [5, 5.41) is 10.5. The number of thiazole rings is 1. The summed E-state index contributed by atoms with van der Waals surface area (Å²) < 4.78 is 11.7. The van der Waals surface area contributed by atoms with Crippen LogP contribution in [0.2, 0.25) is 0 Å². The molecule has 0 saturated heterocycles. The van der Waals surface area contributed by atoms with Crippen molar-refractivity contribution in [1.29, 1.82) is 0 Å². The van der Waals surface area contributed by atoms with E-state index in [4.69, 9.17) is 5.11 Å². The summed E-state index contributed by atoms with van der Waals surface area (Å²) in [5.41, 5.74) is 0.549. The van der Waals surface area contributed by atoms with Crippen LogP contribution in [0.15, 0.2) is 5.38 Å². The van der Waals surface area contributed by atoms with Crippen LogP contribution in [0.5, 0.6) is 0 Å². The van der Waals surface area contributed by atoms with Gasteiger partial charge in [0.1, 0.15) is 11.7 Å². The second-order valence-corrected chi connectivity index (χ2v) is 2.47. The van der Waals surface area contributed by atoms with Gasteiger partial charge in [0.2, 0.25) is 0 Å². The van der Waals surface area contributed by atoms with Gasteiger partial charge in [-0.15, -0.1) is 11.3 Å². The maximum atomic E-state index is 11.7. The predicted octanol–water partition coefficient (Wildman–Crippen LogP) is 1.10. The van der Waals surface area contributed by atoms with Gasteiger partial charge in [0.25, 0.3) is 0 Å². The molecule has 2 nitrogen and oxygen atoms in total. The number of aliphatic hydroxyl groups excluding tert-OH is 1. The highest BCUT2D eigenvalue weighted by Crippen LogP contribution is 2.09. The number of aliphatic hydroxyl groups is 1. The van der Waals surface area contributed by atoms with E-state index in [2.05, 4.69) is 4.98 Å². The third kappa shape index (κ3) is 1.46. The lowest BCUT2D eigenvalue weighted by Crippen LogP contribution is -1.82. The molecule has 0 radical (unpaired) electrons. The summed E-state index contributed by atoms with van der Waals surface area (Å²) in [5.74, 6) is 0. The van der Waals surface area contributed by atoms with Gasteiger partial charge in [-0.25, -0.2) is 9.37 Å². The van der Waals surface area contributed by atoms with Crippen LogP contribution in [0.4, 0.5) is 4.39 Å². The second kappa shape index (κ2) is 2.89. The van der Waals surface area contributed by atoms with Crippen LogP contribution in [0.1, 0.15) is 10.7 Å². The third-order valence-corrected chi connectivity index (χ3v) is 1.74. The number of nitrogens with zero attached hydrogens (tertiary/aromatic N) is 1. The van der Waals surface area contributed by atoms with Crippen LogP contribution in [-0.4, -0.2) is 10.1 Å². The average Bonchev–Trinajstić information content (AvgIpc) is 2.34. The average molecular weight is 147 g/mol. The molecule has 0 aromatic carbocycles. The van der Waals surface area contributed by atoms with Gasteiger partial charge in [0.05, 0.1) is 12.3 Å². The number of halogens is 1. The molecule has 4 heteroatoms. The van der Waals surface area contributed by atoms with Crippen molar-refractivity contribution >= 4 is 11.3 Å². The Morgan fingerprint density at radius 2 is 2.56 bits per heavy atom. The zero-order valence-corrected chi connectivity index (χ0v) is 5.49. The van der Waals surface area contributed by atoms with Gasteiger partial charge in [0, 0.05) is 5.38 Å². The highest BCUT2D eigenvalue weighted by atomic mass is 32.1. The lowest BCUT2D eigenvalue weighted by atomic mass is 10.5. The first-order chi connectivity index (χ1) is 4.36. The van der Waals surface area contributed by atoms with Gasteiger partial charge in [-0.3, -0.25) is 0 Å². The van der Waals surface area contributed by atoms with Crippen LogP contribution < -0.4 is 0 Å². The summed E-state index contributed by atoms with van der Waals surface area (Å²) in [4.78, 5) is 3.74. The fourth-order valence-corrected chi connectivity index (χ4v) is 1.12. The number of aromatic nitrogens is 1. The molecule has 0 fully saturated rings. The van der Waals surface area contributed by atoms with E-state index in [1.165, 1.54) is 11.3 Å². The first-order valence-corrected chi connectivity index (χ1v) is 3.35. The second-order valence-electron chi connectivity index (χ2n) is 1.52. The number of hydrogen-bond donors (Lipinski definition) is 1. The van der Waals surface area contributed by atoms with Gasteiger partial charge >= 0.3 is 0 Å². The molecular formula is C5H6FNOS. The molecule has 1 rings (SSSR count). The smallest absolute Gasteiger partial charge is 0.141 e. The zero-order chi connectivity index (χ0) is 6.69. The Hall–Kier alpha value is -0.480. The largest absolute Gasteiger partial charge is 0.390 e. The summed E-state index contributed by atoms with van der Waals surface area (Å²) in [6.45, 7) is -0.638. The first-order valence-electron chi connectivity index (χ1n) is 2.47. The van der Waals surface area contributed by atoms with Crippen molar-refractivity contribution in [2.45, 2.75) is 13.3 Å². The van der Waals surface area contributed by atoms with E-state index in [-0.39, 0.29) is 6.61 Å². The maximum Gasteiger partial charge on any atom is 0.141 e. The molecule has 9 heavy (non-hydrogen) atoms. The molecule has 1 aromatic rings. The molecule has 0 aliphatic carbocycles. The van der Waals surface area contributed by atoms with Crippen molar-refractivity contribution < 1.29 is 9.50 Å². The van der Waals surface area contributed by atoms with Crippen molar-refractivity contribution in [3.8, 4) is 0 Å². The molecule has 0 aliphatic heterocycles. The van der Waals surface area contributed by atoms with Crippen LogP contribution in [0.3, 0.4) is 0 Å². The van der Waals surface area contributed by atoms with E-state index in [1.54, 1.807) is 5.38 Å². The Kier molecular flexibility index (Phi) is 2.13. The topological polar surface area (TPSA) is 33.1 Å². The SMILES string of the molecule is OCc1csc(CF)n1. The van der Waals surface area contributed by atoms with Crippen LogP contribution in [-0.2, 0) is 13.3 Å². The number of hydrogen-bond acceptors (Lipinski definition) is 3. The van der Waals surface area contributed by atoms with E-state index < -0.39 is 6.67 Å². The van der Waals surface area contributed by atoms with Gasteiger partial charge in [-0.2, -0.15) is 0 Å². The predicted molar refractivity (Wildman–Crippen MR) is 32.8 cm³/mol. The van der Waals surface area contributed by atoms with Crippen molar-refractivity contribution in [2.24, 2.45) is 0 Å². The Morgan fingerprint density at radius 1 is 1.78 bits per heavy atom. The minimum atomic E-state index is -0.537. The van der Waals surface area contributed by atoms with Gasteiger partial charge in [-0.1, -0.05) is 0 Å². The lowest BCUT2D eigenvalue weighted by Gasteiger charge is -1.81. The van der Waals surface area contributed by atoms with Gasteiger partial charge in [0.15, 0.2) is 0 Å². The molecule has 1 heterocycles. The molecular weight excluding hydrogens is 141 g/mol. The summed E-state index contributed by atoms with van der Waals surface area (Å²) in [7, 11) is 0. The molecule has 1 aromatic heterocycles. The standard InChI is InChI=1S/C5H6FNOS/c6-1-5-7-4(2-8)3-9-5/h3,8H,1-2H2. The lowest BCUT2D eigenvalue weighted by molar-refractivity contribution is 0.277. The molecule has 1 N–H and O–H groups in total. The zero-order valence-electron chi connectivity index (χ0n) is 4.67. The molecule has 0 atom stereocenters. The van der Waals surface area contributed by atoms with E-state index in [9.17, 15) is 4.39 Å². The van der Waals surface area contributed by atoms with Crippen LogP contribution in [0.25, 0.3) is 0 Å². The van der Waals surface area contributed by atoms with E-state index in [1.807, 2.05) is 0 Å². The van der Waals surface area contributed by atoms with Gasteiger partial charge < -0.3 is 5.11 Å². The van der Waals surface area contributed by atoms with E-state index in [0.717, 1.165) is 0 Å². The van der Waals surface area contributed by atoms with E-state index >= 15 is 0 Å². The highest BCUT2D eigenvalue weighted by molar-refractivity contribution is 7.09. The molecule has 0 unspecified atom stereocenters. The van der Waals surface area contributed by atoms with Crippen molar-refractivity contribution in [2.75, 3.05) is 0 Å². The fourth-order valence-electron chi connectivity index (χ4n) is 0.483. The molecule has 0 bridgehead atoms. The Bertz CT molecular complexity index is 170. The quantitative estimate of drug-likeness (QED) is 0.679. The van der Waals surface area contributed by atoms with Gasteiger partial charge in [-0.05, 0) is 0 Å². The minimum absolute atomic E-state index is 0.101. The van der Waals surface area contributed by atoms with Crippen molar-refractivity contribution in [1.82, 2.24) is 4.98 Å². The Balaban J connectivity index is 2.74. The third-order valence-electron chi connectivity index (χ3n) is 0.876. The molecule has 0 spiro atoms. The monoisotopic (exact) mass is 147 g/mol. The normalized spacial score (nSPS) is 10.0. The van der Waals surface area contributed by atoms with E-state index in [0.29, 0.717) is 10.7 Å². The van der Waals surface area contributed by atoms with Crippen LogP contribution in [0, 0.1) is 0 Å². The molecule has 0 saturated carbocycles. The maximum absolute atomic E-state index is 11.7. The van der Waals surface area contributed by atoms with Crippen molar-refractivity contribution in [3.63, 3.8) is 0 Å². The molecule has 0 amide bonds. The van der Waals surface area contributed by atoms with Crippen molar-refractivity contribution in [3.05, 3.63) is 16.1 Å². The Morgan fingerprint density at radius 3 is 2.89 bits per heavy atom. The molecule has 50 valence electrons. The fraction of sp³-hybridized carbons (Fsp3) is 0.400. The minimum Gasteiger partial charge on any atom is -0.390 e. The highest BCUT2D eigenvalue weighted by Gasteiger charge is 1.97. The summed E-state index contributed by atoms with van der Waals surface area (Å²) in [6, 6.07) is 0. The van der Waals surface area contributed by atoms with Crippen LogP contribution >= 0.6 is 11.3 Å². The first kappa shape index (κ1) is 6.64. The Labute approximate surface area is 56.0 Å². The summed E-state index contributed by atoms with van der Waals surface area (Å²) >= 11 is 1.23. The molecule has 0 aliphatic rings. The number of rotatable bonds is 2. The number of alkyl halides is 1.